The molecule has 0 saturated heterocycles. The third kappa shape index (κ3) is 1.59. The zero-order valence-electron chi connectivity index (χ0n) is 8.13. The van der Waals surface area contributed by atoms with E-state index in [9.17, 15) is 0 Å². The molecule has 1 aliphatic rings. The summed E-state index contributed by atoms with van der Waals surface area (Å²) in [5.41, 5.74) is 3.89. The van der Waals surface area contributed by atoms with Crippen LogP contribution >= 0.6 is 0 Å². The Morgan fingerprint density at radius 2 is 2.23 bits per heavy atom. The summed E-state index contributed by atoms with van der Waals surface area (Å²) in [6, 6.07) is 6.41. The highest BCUT2D eigenvalue weighted by molar-refractivity contribution is 5.62. The second-order valence-electron chi connectivity index (χ2n) is 3.51. The van der Waals surface area contributed by atoms with E-state index in [2.05, 4.69) is 38.1 Å². The van der Waals surface area contributed by atoms with Crippen molar-refractivity contribution in [3.63, 3.8) is 0 Å². The van der Waals surface area contributed by atoms with E-state index in [1.807, 2.05) is 0 Å². The van der Waals surface area contributed by atoms with Crippen molar-refractivity contribution < 1.29 is 4.74 Å². The third-order valence-corrected chi connectivity index (χ3v) is 2.34. The van der Waals surface area contributed by atoms with Crippen LogP contribution in [0.3, 0.4) is 0 Å². The Morgan fingerprint density at radius 1 is 1.38 bits per heavy atom. The van der Waals surface area contributed by atoms with E-state index in [4.69, 9.17) is 4.74 Å². The van der Waals surface area contributed by atoms with E-state index in [0.717, 1.165) is 18.8 Å². The second kappa shape index (κ2) is 3.25. The Labute approximate surface area is 79.0 Å². The molecule has 1 aromatic carbocycles. The SMILES string of the molecule is CCc1ccc2c(c1)C=C(C)CO2. The molecule has 2 rings (SSSR count). The molecule has 0 aromatic heterocycles. The van der Waals surface area contributed by atoms with Gasteiger partial charge in [-0.15, -0.1) is 0 Å². The van der Waals surface area contributed by atoms with Crippen molar-refractivity contribution in [3.05, 3.63) is 34.9 Å². The Bertz CT molecular complexity index is 350. The lowest BCUT2D eigenvalue weighted by Crippen LogP contribution is -2.05. The van der Waals surface area contributed by atoms with Gasteiger partial charge >= 0.3 is 0 Å². The summed E-state index contributed by atoms with van der Waals surface area (Å²) in [6.07, 6.45) is 3.29. The molecular formula is C12H14O. The molecule has 1 aromatic rings. The van der Waals surface area contributed by atoms with Crippen LogP contribution in [0.25, 0.3) is 6.08 Å². The molecule has 68 valence electrons. The summed E-state index contributed by atoms with van der Waals surface area (Å²) in [6.45, 7) is 5.00. The summed E-state index contributed by atoms with van der Waals surface area (Å²) in [7, 11) is 0. The molecule has 0 fully saturated rings. The van der Waals surface area contributed by atoms with Gasteiger partial charge in [-0.05, 0) is 42.7 Å². The summed E-state index contributed by atoms with van der Waals surface area (Å²) in [4.78, 5) is 0. The predicted molar refractivity (Wildman–Crippen MR) is 55.0 cm³/mol. The molecule has 0 amide bonds. The summed E-state index contributed by atoms with van der Waals surface area (Å²) in [5.74, 6) is 1.02. The monoisotopic (exact) mass is 174 g/mol. The molecule has 0 atom stereocenters. The van der Waals surface area contributed by atoms with Gasteiger partial charge in [0.1, 0.15) is 12.4 Å². The van der Waals surface area contributed by atoms with Crippen molar-refractivity contribution in [2.75, 3.05) is 6.61 Å². The van der Waals surface area contributed by atoms with Gasteiger partial charge in [0, 0.05) is 5.56 Å². The zero-order valence-corrected chi connectivity index (χ0v) is 8.13. The number of aryl methyl sites for hydroxylation is 1. The number of hydrogen-bond acceptors (Lipinski definition) is 1. The molecule has 0 radical (unpaired) electrons. The van der Waals surface area contributed by atoms with Crippen molar-refractivity contribution in [1.82, 2.24) is 0 Å². The number of hydrogen-bond donors (Lipinski definition) is 0. The minimum atomic E-state index is 0.735. The fourth-order valence-corrected chi connectivity index (χ4v) is 1.56. The molecule has 0 saturated carbocycles. The Balaban J connectivity index is 2.45. The first-order valence-corrected chi connectivity index (χ1v) is 4.72. The standard InChI is InChI=1S/C12H14O/c1-3-10-4-5-12-11(7-10)6-9(2)8-13-12/h4-7H,3,8H2,1-2H3. The summed E-state index contributed by atoms with van der Waals surface area (Å²) >= 11 is 0. The van der Waals surface area contributed by atoms with Crippen LogP contribution in [0.2, 0.25) is 0 Å². The normalized spacial score (nSPS) is 14.5. The zero-order chi connectivity index (χ0) is 9.26. The number of rotatable bonds is 1. The van der Waals surface area contributed by atoms with Crippen LogP contribution < -0.4 is 4.74 Å². The van der Waals surface area contributed by atoms with Crippen LogP contribution in [0.4, 0.5) is 0 Å². The van der Waals surface area contributed by atoms with E-state index >= 15 is 0 Å². The molecule has 0 N–H and O–H groups in total. The van der Waals surface area contributed by atoms with Crippen molar-refractivity contribution in [2.24, 2.45) is 0 Å². The Kier molecular flexibility index (Phi) is 2.09. The molecule has 1 nitrogen and oxygen atoms in total. The third-order valence-electron chi connectivity index (χ3n) is 2.34. The maximum absolute atomic E-state index is 5.57. The predicted octanol–water partition coefficient (Wildman–Crippen LogP) is 3.04. The van der Waals surface area contributed by atoms with Crippen LogP contribution in [0.1, 0.15) is 25.0 Å². The van der Waals surface area contributed by atoms with E-state index in [1.165, 1.54) is 16.7 Å². The smallest absolute Gasteiger partial charge is 0.127 e. The van der Waals surface area contributed by atoms with E-state index < -0.39 is 0 Å². The van der Waals surface area contributed by atoms with Crippen LogP contribution in [0.15, 0.2) is 23.8 Å². The van der Waals surface area contributed by atoms with Gasteiger partial charge < -0.3 is 4.74 Å². The van der Waals surface area contributed by atoms with Gasteiger partial charge in [-0.1, -0.05) is 13.0 Å². The molecule has 1 heterocycles. The second-order valence-corrected chi connectivity index (χ2v) is 3.51. The minimum Gasteiger partial charge on any atom is -0.489 e. The van der Waals surface area contributed by atoms with Gasteiger partial charge in [0.25, 0.3) is 0 Å². The van der Waals surface area contributed by atoms with E-state index in [1.54, 1.807) is 0 Å². The molecule has 1 aliphatic heterocycles. The molecule has 13 heavy (non-hydrogen) atoms. The van der Waals surface area contributed by atoms with Crippen LogP contribution in [-0.4, -0.2) is 6.61 Å². The molecular weight excluding hydrogens is 160 g/mol. The maximum Gasteiger partial charge on any atom is 0.127 e. The molecule has 0 spiro atoms. The lowest BCUT2D eigenvalue weighted by atomic mass is 10.0. The van der Waals surface area contributed by atoms with Crippen molar-refractivity contribution in [1.29, 1.82) is 0 Å². The Hall–Kier alpha value is -1.24. The average Bonchev–Trinajstić information content (AvgIpc) is 2.16. The van der Waals surface area contributed by atoms with E-state index in [0.29, 0.717) is 0 Å². The summed E-state index contributed by atoms with van der Waals surface area (Å²) in [5, 5.41) is 0. The van der Waals surface area contributed by atoms with Crippen molar-refractivity contribution in [2.45, 2.75) is 20.3 Å². The first kappa shape index (κ1) is 8.36. The highest BCUT2D eigenvalue weighted by Gasteiger charge is 2.08. The first-order chi connectivity index (χ1) is 6.29. The van der Waals surface area contributed by atoms with Gasteiger partial charge in [-0.3, -0.25) is 0 Å². The molecule has 0 aliphatic carbocycles. The van der Waals surface area contributed by atoms with Crippen LogP contribution in [0.5, 0.6) is 5.75 Å². The highest BCUT2D eigenvalue weighted by atomic mass is 16.5. The number of benzene rings is 1. The van der Waals surface area contributed by atoms with Crippen molar-refractivity contribution >= 4 is 6.08 Å². The number of fused-ring (bicyclic) bond motifs is 1. The molecule has 0 bridgehead atoms. The highest BCUT2D eigenvalue weighted by Crippen LogP contribution is 2.27. The van der Waals surface area contributed by atoms with Crippen molar-refractivity contribution in [3.8, 4) is 5.75 Å². The van der Waals surface area contributed by atoms with Gasteiger partial charge in [0.05, 0.1) is 0 Å². The van der Waals surface area contributed by atoms with Gasteiger partial charge in [0.15, 0.2) is 0 Å². The maximum atomic E-state index is 5.57. The fourth-order valence-electron chi connectivity index (χ4n) is 1.56. The van der Waals surface area contributed by atoms with Gasteiger partial charge in [-0.2, -0.15) is 0 Å². The minimum absolute atomic E-state index is 0.735. The Morgan fingerprint density at radius 3 is 3.00 bits per heavy atom. The van der Waals surface area contributed by atoms with Gasteiger partial charge in [0.2, 0.25) is 0 Å². The number of ether oxygens (including phenoxy) is 1. The van der Waals surface area contributed by atoms with Crippen LogP contribution in [-0.2, 0) is 6.42 Å². The van der Waals surface area contributed by atoms with Crippen LogP contribution in [0, 0.1) is 0 Å². The van der Waals surface area contributed by atoms with Gasteiger partial charge in [-0.25, -0.2) is 0 Å². The topological polar surface area (TPSA) is 9.23 Å². The average molecular weight is 174 g/mol. The fraction of sp³-hybridized carbons (Fsp3) is 0.333. The lowest BCUT2D eigenvalue weighted by molar-refractivity contribution is 0.347. The quantitative estimate of drug-likeness (QED) is 0.635. The molecule has 0 unspecified atom stereocenters. The lowest BCUT2D eigenvalue weighted by Gasteiger charge is -2.16. The largest absolute Gasteiger partial charge is 0.489 e. The summed E-state index contributed by atoms with van der Waals surface area (Å²) < 4.78 is 5.57. The first-order valence-electron chi connectivity index (χ1n) is 4.72. The van der Waals surface area contributed by atoms with E-state index in [-0.39, 0.29) is 0 Å². The molecule has 1 heteroatoms.